The molecule has 2 amide bonds. The summed E-state index contributed by atoms with van der Waals surface area (Å²) in [6.07, 6.45) is 4.84. The maximum Gasteiger partial charge on any atom is 0.266 e. The molecule has 1 N–H and O–H groups in total. The number of benzene rings is 1. The molecule has 1 saturated heterocycles. The third-order valence-electron chi connectivity index (χ3n) is 3.83. The van der Waals surface area contributed by atoms with Crippen molar-refractivity contribution in [3.8, 4) is 11.5 Å². The molecule has 1 fully saturated rings. The van der Waals surface area contributed by atoms with Crippen molar-refractivity contribution < 1.29 is 19.1 Å². The predicted molar refractivity (Wildman–Crippen MR) is 112 cm³/mol. The molecule has 28 heavy (non-hydrogen) atoms. The van der Waals surface area contributed by atoms with Crippen molar-refractivity contribution >= 4 is 51.9 Å². The molecule has 0 radical (unpaired) electrons. The molecule has 1 aromatic carbocycles. The van der Waals surface area contributed by atoms with Crippen LogP contribution in [0.4, 0.5) is 5.69 Å². The van der Waals surface area contributed by atoms with Gasteiger partial charge in [0.2, 0.25) is 5.91 Å². The summed E-state index contributed by atoms with van der Waals surface area (Å²) in [6.45, 7) is -0.164. The van der Waals surface area contributed by atoms with Gasteiger partial charge < -0.3 is 14.8 Å². The molecule has 0 unspecified atom stereocenters. The number of thioether (sulfide) groups is 1. The molecule has 1 aromatic heterocycles. The number of thiocarbonyl (C=S) groups is 1. The molecular weight excluding hydrogens is 398 g/mol. The van der Waals surface area contributed by atoms with Gasteiger partial charge in [0.15, 0.2) is 11.5 Å². The zero-order valence-electron chi connectivity index (χ0n) is 15.2. The Balaban J connectivity index is 1.72. The van der Waals surface area contributed by atoms with Gasteiger partial charge in [-0.05, 0) is 35.9 Å². The van der Waals surface area contributed by atoms with E-state index in [0.29, 0.717) is 26.4 Å². The molecule has 1 aliphatic heterocycles. The molecular formula is C19H17N3O4S2. The lowest BCUT2D eigenvalue weighted by atomic mass is 10.2. The Morgan fingerprint density at radius 2 is 2.07 bits per heavy atom. The van der Waals surface area contributed by atoms with Gasteiger partial charge in [0.25, 0.3) is 5.91 Å². The number of carbonyl (C=O) groups is 2. The summed E-state index contributed by atoms with van der Waals surface area (Å²) >= 11 is 6.43. The molecule has 2 heterocycles. The second-order valence-corrected chi connectivity index (χ2v) is 7.35. The van der Waals surface area contributed by atoms with Crippen LogP contribution in [0.5, 0.6) is 11.5 Å². The monoisotopic (exact) mass is 415 g/mol. The van der Waals surface area contributed by atoms with Gasteiger partial charge in [-0.25, -0.2) is 0 Å². The summed E-state index contributed by atoms with van der Waals surface area (Å²) in [6, 6.07) is 8.75. The number of hydrogen-bond donors (Lipinski definition) is 1. The van der Waals surface area contributed by atoms with Crippen molar-refractivity contribution in [2.24, 2.45) is 0 Å². The van der Waals surface area contributed by atoms with Crippen LogP contribution in [0, 0.1) is 0 Å². The average Bonchev–Trinajstić information content (AvgIpc) is 2.96. The Morgan fingerprint density at radius 1 is 1.29 bits per heavy atom. The number of anilines is 1. The summed E-state index contributed by atoms with van der Waals surface area (Å²) in [5.74, 6) is 0.490. The van der Waals surface area contributed by atoms with Crippen LogP contribution in [0.3, 0.4) is 0 Å². The molecule has 1 aliphatic rings. The number of methoxy groups -OCH3 is 2. The smallest absolute Gasteiger partial charge is 0.266 e. The Hall–Kier alpha value is -2.91. The van der Waals surface area contributed by atoms with Gasteiger partial charge in [0.05, 0.1) is 31.0 Å². The summed E-state index contributed by atoms with van der Waals surface area (Å²) < 4.78 is 10.8. The average molecular weight is 415 g/mol. The minimum atomic E-state index is -0.350. The summed E-state index contributed by atoms with van der Waals surface area (Å²) in [5, 5.41) is 2.69. The topological polar surface area (TPSA) is 80.8 Å². The van der Waals surface area contributed by atoms with Gasteiger partial charge in [0.1, 0.15) is 10.9 Å². The number of amides is 2. The first-order valence-corrected chi connectivity index (χ1v) is 9.41. The fraction of sp³-hybridized carbons (Fsp3) is 0.158. The maximum atomic E-state index is 12.7. The van der Waals surface area contributed by atoms with E-state index < -0.39 is 0 Å². The molecule has 0 spiro atoms. The number of nitrogens with one attached hydrogen (secondary N) is 1. The molecule has 0 aliphatic carbocycles. The van der Waals surface area contributed by atoms with Gasteiger partial charge >= 0.3 is 0 Å². The van der Waals surface area contributed by atoms with Crippen LogP contribution >= 0.6 is 24.0 Å². The molecule has 3 rings (SSSR count). The van der Waals surface area contributed by atoms with E-state index >= 15 is 0 Å². The number of nitrogens with zero attached hydrogens (tertiary/aromatic N) is 2. The van der Waals surface area contributed by atoms with E-state index in [4.69, 9.17) is 21.7 Å². The number of pyridine rings is 1. The van der Waals surface area contributed by atoms with Crippen LogP contribution in [-0.4, -0.2) is 46.8 Å². The quantitative estimate of drug-likeness (QED) is 0.574. The minimum absolute atomic E-state index is 0.164. The zero-order chi connectivity index (χ0) is 20.1. The van der Waals surface area contributed by atoms with Crippen molar-refractivity contribution in [1.29, 1.82) is 0 Å². The Kier molecular flexibility index (Phi) is 6.27. The summed E-state index contributed by atoms with van der Waals surface area (Å²) in [4.78, 5) is 30.6. The first kappa shape index (κ1) is 19.8. The van der Waals surface area contributed by atoms with E-state index in [9.17, 15) is 9.59 Å². The number of rotatable bonds is 6. The second-order valence-electron chi connectivity index (χ2n) is 5.67. The largest absolute Gasteiger partial charge is 0.493 e. The molecule has 0 bridgehead atoms. The molecule has 144 valence electrons. The van der Waals surface area contributed by atoms with Crippen LogP contribution in [-0.2, 0) is 9.59 Å². The molecule has 2 aromatic rings. The lowest BCUT2D eigenvalue weighted by molar-refractivity contribution is -0.126. The van der Waals surface area contributed by atoms with Crippen molar-refractivity contribution in [2.75, 3.05) is 26.1 Å². The summed E-state index contributed by atoms with van der Waals surface area (Å²) in [7, 11) is 3.10. The fourth-order valence-corrected chi connectivity index (χ4v) is 3.77. The fourth-order valence-electron chi connectivity index (χ4n) is 2.51. The third-order valence-corrected chi connectivity index (χ3v) is 5.20. The van der Waals surface area contributed by atoms with Gasteiger partial charge in [-0.15, -0.1) is 0 Å². The van der Waals surface area contributed by atoms with Crippen molar-refractivity contribution in [3.63, 3.8) is 0 Å². The Morgan fingerprint density at radius 3 is 2.75 bits per heavy atom. The van der Waals surface area contributed by atoms with E-state index in [0.717, 1.165) is 17.3 Å². The van der Waals surface area contributed by atoms with E-state index in [-0.39, 0.29) is 18.4 Å². The Bertz CT molecular complexity index is 947. The van der Waals surface area contributed by atoms with Crippen molar-refractivity contribution in [1.82, 2.24) is 9.88 Å². The lowest BCUT2D eigenvalue weighted by Crippen LogP contribution is -2.36. The van der Waals surface area contributed by atoms with Gasteiger partial charge in [-0.2, -0.15) is 0 Å². The number of aromatic nitrogens is 1. The highest BCUT2D eigenvalue weighted by atomic mass is 32.2. The number of hydrogen-bond acceptors (Lipinski definition) is 7. The van der Waals surface area contributed by atoms with Crippen LogP contribution in [0.1, 0.15) is 5.56 Å². The summed E-state index contributed by atoms with van der Waals surface area (Å²) in [5.41, 5.74) is 1.32. The van der Waals surface area contributed by atoms with E-state index in [1.807, 2.05) is 6.07 Å². The highest BCUT2D eigenvalue weighted by Gasteiger charge is 2.33. The predicted octanol–water partition coefficient (Wildman–Crippen LogP) is 2.94. The standard InChI is InChI=1S/C19H17N3O4S2/c1-25-14-6-5-12(8-15(14)26-2)9-16-18(24)22(19(27)28-16)11-17(23)21-13-4-3-7-20-10-13/h3-10H,11H2,1-2H3,(H,21,23)/b16-9+. The van der Waals surface area contributed by atoms with Crippen molar-refractivity contribution in [3.05, 3.63) is 53.2 Å². The van der Waals surface area contributed by atoms with Gasteiger partial charge in [0, 0.05) is 6.20 Å². The minimum Gasteiger partial charge on any atom is -0.493 e. The first-order chi connectivity index (χ1) is 13.5. The number of carbonyl (C=O) groups excluding carboxylic acids is 2. The van der Waals surface area contributed by atoms with Gasteiger partial charge in [-0.1, -0.05) is 30.0 Å². The van der Waals surface area contributed by atoms with E-state index in [2.05, 4.69) is 10.3 Å². The van der Waals surface area contributed by atoms with Crippen LogP contribution < -0.4 is 14.8 Å². The van der Waals surface area contributed by atoms with Crippen LogP contribution in [0.2, 0.25) is 0 Å². The molecule has 9 heteroatoms. The van der Waals surface area contributed by atoms with E-state index in [1.165, 1.54) is 11.1 Å². The van der Waals surface area contributed by atoms with Crippen LogP contribution in [0.15, 0.2) is 47.6 Å². The van der Waals surface area contributed by atoms with Gasteiger partial charge in [-0.3, -0.25) is 19.5 Å². The molecule has 0 atom stereocenters. The molecule has 0 saturated carbocycles. The second kappa shape index (κ2) is 8.85. The SMILES string of the molecule is COc1ccc(/C=C2/SC(=S)N(CC(=O)Nc3cccnc3)C2=O)cc1OC. The zero-order valence-corrected chi connectivity index (χ0v) is 16.8. The highest BCUT2D eigenvalue weighted by molar-refractivity contribution is 8.26. The van der Waals surface area contributed by atoms with Crippen LogP contribution in [0.25, 0.3) is 6.08 Å². The van der Waals surface area contributed by atoms with E-state index in [1.54, 1.807) is 50.8 Å². The lowest BCUT2D eigenvalue weighted by Gasteiger charge is -2.14. The number of ether oxygens (including phenoxy) is 2. The molecule has 7 nitrogen and oxygen atoms in total. The first-order valence-electron chi connectivity index (χ1n) is 8.19. The third kappa shape index (κ3) is 4.49. The van der Waals surface area contributed by atoms with Crippen molar-refractivity contribution in [2.45, 2.75) is 0 Å². The maximum absolute atomic E-state index is 12.7. The highest BCUT2D eigenvalue weighted by Crippen LogP contribution is 2.34. The normalized spacial score (nSPS) is 15.1. The Labute approximate surface area is 171 Å².